The molecule has 2 heteroatoms. The Hall–Kier alpha value is -5.60. The Morgan fingerprint density at radius 3 is 1.34 bits per heavy atom. The fourth-order valence-corrected chi connectivity index (χ4v) is 6.73. The summed E-state index contributed by atoms with van der Waals surface area (Å²) in [5, 5.41) is 2.56. The van der Waals surface area contributed by atoms with Crippen molar-refractivity contribution in [1.82, 2.24) is 0 Å². The van der Waals surface area contributed by atoms with Crippen LogP contribution in [-0.4, -0.2) is 0 Å². The quantitative estimate of drug-likeness (QED) is 0.198. The predicted octanol–water partition coefficient (Wildman–Crippen LogP) is 11.5. The van der Waals surface area contributed by atoms with Gasteiger partial charge in [-0.05, 0) is 107 Å². The fraction of sp³-hybridized carbons (Fsp3) is 0.0476. The smallest absolute Gasteiger partial charge is 0.0543 e. The number of benzene rings is 7. The Balaban J connectivity index is 1.30. The second-order valence-corrected chi connectivity index (χ2v) is 11.3. The molecule has 0 heterocycles. The van der Waals surface area contributed by atoms with Gasteiger partial charge in [0.15, 0.2) is 0 Å². The lowest BCUT2D eigenvalue weighted by atomic mass is 9.81. The van der Waals surface area contributed by atoms with E-state index in [0.29, 0.717) is 0 Å². The van der Waals surface area contributed by atoms with Crippen molar-refractivity contribution in [3.8, 4) is 11.1 Å². The number of rotatable bonds is 6. The average Bonchev–Trinajstić information content (AvgIpc) is 3.10. The number of anilines is 6. The van der Waals surface area contributed by atoms with Crippen LogP contribution in [-0.2, 0) is 12.8 Å². The van der Waals surface area contributed by atoms with Crippen LogP contribution in [0.2, 0.25) is 0 Å². The number of nitrogens with zero attached hydrogens (tertiary/aromatic N) is 2. The van der Waals surface area contributed by atoms with E-state index >= 15 is 0 Å². The zero-order valence-corrected chi connectivity index (χ0v) is 24.5. The molecule has 0 aromatic heterocycles. The minimum absolute atomic E-state index is 0.998. The van der Waals surface area contributed by atoms with E-state index in [1.165, 1.54) is 44.4 Å². The second kappa shape index (κ2) is 11.2. The molecule has 0 N–H and O–H groups in total. The Bertz CT molecular complexity index is 1970. The van der Waals surface area contributed by atoms with Crippen LogP contribution in [0.3, 0.4) is 0 Å². The highest BCUT2D eigenvalue weighted by Crippen LogP contribution is 2.47. The first-order chi connectivity index (χ1) is 21.8. The molecule has 0 saturated carbocycles. The van der Waals surface area contributed by atoms with Gasteiger partial charge in [-0.3, -0.25) is 0 Å². The lowest BCUT2D eigenvalue weighted by Gasteiger charge is -2.31. The number of aryl methyl sites for hydroxylation is 2. The molecule has 2 nitrogen and oxygen atoms in total. The maximum absolute atomic E-state index is 2.44. The minimum Gasteiger partial charge on any atom is -0.310 e. The van der Waals surface area contributed by atoms with Gasteiger partial charge in [0, 0.05) is 33.8 Å². The molecule has 1 aliphatic rings. The van der Waals surface area contributed by atoms with Gasteiger partial charge in [0.1, 0.15) is 0 Å². The van der Waals surface area contributed by atoms with Gasteiger partial charge in [-0.25, -0.2) is 0 Å². The molecule has 44 heavy (non-hydrogen) atoms. The Morgan fingerprint density at radius 2 is 0.795 bits per heavy atom. The Kier molecular flexibility index (Phi) is 6.66. The molecule has 1 aliphatic carbocycles. The first kappa shape index (κ1) is 26.1. The van der Waals surface area contributed by atoms with Gasteiger partial charge in [-0.2, -0.15) is 0 Å². The van der Waals surface area contributed by atoms with Gasteiger partial charge in [0.05, 0.1) is 5.69 Å². The first-order valence-corrected chi connectivity index (χ1v) is 15.3. The van der Waals surface area contributed by atoms with Crippen molar-refractivity contribution < 1.29 is 0 Å². The molecule has 0 unspecified atom stereocenters. The molecule has 7 aromatic carbocycles. The molecule has 7 aromatic rings. The van der Waals surface area contributed by atoms with E-state index in [0.717, 1.165) is 35.6 Å². The van der Waals surface area contributed by atoms with Gasteiger partial charge in [0.25, 0.3) is 0 Å². The summed E-state index contributed by atoms with van der Waals surface area (Å²) >= 11 is 0. The van der Waals surface area contributed by atoms with Crippen LogP contribution in [0.1, 0.15) is 11.1 Å². The van der Waals surface area contributed by atoms with Gasteiger partial charge >= 0.3 is 0 Å². The maximum atomic E-state index is 2.44. The first-order valence-electron chi connectivity index (χ1n) is 15.3. The predicted molar refractivity (Wildman–Crippen MR) is 186 cm³/mol. The summed E-state index contributed by atoms with van der Waals surface area (Å²) in [5.74, 6) is 0. The van der Waals surface area contributed by atoms with Crippen molar-refractivity contribution in [3.63, 3.8) is 0 Å². The molecule has 0 aliphatic heterocycles. The van der Waals surface area contributed by atoms with E-state index in [9.17, 15) is 0 Å². The molecule has 0 atom stereocenters. The molecule has 0 spiro atoms. The van der Waals surface area contributed by atoms with Crippen LogP contribution in [0.5, 0.6) is 0 Å². The van der Waals surface area contributed by atoms with E-state index in [4.69, 9.17) is 0 Å². The minimum atomic E-state index is 0.998. The molecule has 0 fully saturated rings. The second-order valence-electron chi connectivity index (χ2n) is 11.3. The summed E-state index contributed by atoms with van der Waals surface area (Å²) in [4.78, 5) is 4.76. The number of hydrogen-bond donors (Lipinski definition) is 0. The van der Waals surface area contributed by atoms with Gasteiger partial charge in [0.2, 0.25) is 0 Å². The standard InChI is InChI=1S/C42H32N2/c1-5-15-33(16-6-1)43(34-17-7-2-8-18-34)37-27-28-38-31(29-37)25-26-32-30-41(39-23-13-14-24-40(39)42(32)38)44(35-19-9-3-10-20-35)36-21-11-4-12-22-36/h1-24,27-30H,25-26H2. The maximum Gasteiger partial charge on any atom is 0.0543 e. The third-order valence-corrected chi connectivity index (χ3v) is 8.68. The fourth-order valence-electron chi connectivity index (χ4n) is 6.73. The van der Waals surface area contributed by atoms with Crippen molar-refractivity contribution >= 4 is 44.9 Å². The summed E-state index contributed by atoms with van der Waals surface area (Å²) in [5.41, 5.74) is 12.5. The Labute approximate surface area is 259 Å². The third kappa shape index (κ3) is 4.62. The van der Waals surface area contributed by atoms with E-state index in [-0.39, 0.29) is 0 Å². The van der Waals surface area contributed by atoms with Crippen LogP contribution in [0.15, 0.2) is 170 Å². The third-order valence-electron chi connectivity index (χ3n) is 8.68. The highest BCUT2D eigenvalue weighted by Gasteiger charge is 2.25. The zero-order chi connectivity index (χ0) is 29.3. The van der Waals surface area contributed by atoms with Gasteiger partial charge < -0.3 is 9.80 Å². The highest BCUT2D eigenvalue weighted by atomic mass is 15.1. The summed E-state index contributed by atoms with van der Waals surface area (Å²) in [6.45, 7) is 0. The summed E-state index contributed by atoms with van der Waals surface area (Å²) in [6.07, 6.45) is 2.00. The van der Waals surface area contributed by atoms with Crippen molar-refractivity contribution in [3.05, 3.63) is 181 Å². The van der Waals surface area contributed by atoms with Crippen molar-refractivity contribution in [1.29, 1.82) is 0 Å². The Morgan fingerprint density at radius 1 is 0.341 bits per heavy atom. The average molecular weight is 565 g/mol. The summed E-state index contributed by atoms with van der Waals surface area (Å²) < 4.78 is 0. The number of fused-ring (bicyclic) bond motifs is 5. The molecule has 0 bridgehead atoms. The van der Waals surface area contributed by atoms with E-state index in [1.807, 2.05) is 0 Å². The van der Waals surface area contributed by atoms with Gasteiger partial charge in [-0.1, -0.05) is 103 Å². The van der Waals surface area contributed by atoms with E-state index in [1.54, 1.807) is 0 Å². The van der Waals surface area contributed by atoms with Gasteiger partial charge in [-0.15, -0.1) is 0 Å². The summed E-state index contributed by atoms with van der Waals surface area (Å²) in [6, 6.07) is 61.1. The lowest BCUT2D eigenvalue weighted by molar-refractivity contribution is 0.943. The SMILES string of the molecule is c1ccc(N(c2ccccc2)c2ccc3c(c2)CCc2cc(N(c4ccccc4)c4ccccc4)c4ccccc4c2-3)cc1. The van der Waals surface area contributed by atoms with Crippen molar-refractivity contribution in [2.45, 2.75) is 12.8 Å². The lowest BCUT2D eigenvalue weighted by Crippen LogP contribution is -2.14. The van der Waals surface area contributed by atoms with Crippen molar-refractivity contribution in [2.24, 2.45) is 0 Å². The normalized spacial score (nSPS) is 11.9. The molecule has 210 valence electrons. The van der Waals surface area contributed by atoms with E-state index < -0.39 is 0 Å². The molecular weight excluding hydrogens is 532 g/mol. The molecule has 0 radical (unpaired) electrons. The van der Waals surface area contributed by atoms with Crippen LogP contribution in [0.25, 0.3) is 21.9 Å². The molecular formula is C42H32N2. The molecule has 0 saturated heterocycles. The highest BCUT2D eigenvalue weighted by molar-refractivity contribution is 6.08. The van der Waals surface area contributed by atoms with Crippen LogP contribution < -0.4 is 9.80 Å². The zero-order valence-electron chi connectivity index (χ0n) is 24.5. The number of hydrogen-bond acceptors (Lipinski definition) is 2. The monoisotopic (exact) mass is 564 g/mol. The largest absolute Gasteiger partial charge is 0.310 e. The molecule has 0 amide bonds. The van der Waals surface area contributed by atoms with Crippen LogP contribution in [0, 0.1) is 0 Å². The van der Waals surface area contributed by atoms with Crippen molar-refractivity contribution in [2.75, 3.05) is 9.80 Å². The summed E-state index contributed by atoms with van der Waals surface area (Å²) in [7, 11) is 0. The van der Waals surface area contributed by atoms with Crippen LogP contribution >= 0.6 is 0 Å². The van der Waals surface area contributed by atoms with Crippen LogP contribution in [0.4, 0.5) is 34.1 Å². The number of para-hydroxylation sites is 4. The van der Waals surface area contributed by atoms with E-state index in [2.05, 4.69) is 180 Å². The topological polar surface area (TPSA) is 6.48 Å². The molecule has 8 rings (SSSR count).